The largest absolute Gasteiger partial charge is 0.367 e. The molecule has 0 aromatic heterocycles. The highest BCUT2D eigenvalue weighted by Gasteiger charge is 2.34. The van der Waals surface area contributed by atoms with Gasteiger partial charge in [-0.2, -0.15) is 0 Å². The second-order valence-electron chi connectivity index (χ2n) is 5.05. The molecule has 3 heteroatoms. The number of unbranched alkanes of at least 4 members (excludes halogenated alkanes) is 7. The number of likely N-dealkylation sites (N-methyl/N-ethyl adjacent to an activating group) is 1. The molecule has 1 aliphatic heterocycles. The number of rotatable bonds is 10. The van der Waals surface area contributed by atoms with Crippen molar-refractivity contribution in [3.63, 3.8) is 0 Å². The molecule has 1 atom stereocenters. The third-order valence-electron chi connectivity index (χ3n) is 3.41. The Kier molecular flexibility index (Phi) is 7.25. The molecule has 0 aromatic carbocycles. The Morgan fingerprint density at radius 3 is 2.24 bits per heavy atom. The minimum Gasteiger partial charge on any atom is -0.367 e. The molecule has 1 fully saturated rings. The minimum atomic E-state index is -0.135. The number of ether oxygens (including phenoxy) is 1. The number of carbonyl (C=O) groups excluding carboxylic acids is 1. The summed E-state index contributed by atoms with van der Waals surface area (Å²) in [5.74, 6) is 0.143. The Morgan fingerprint density at radius 1 is 1.12 bits per heavy atom. The van der Waals surface area contributed by atoms with Crippen LogP contribution >= 0.6 is 0 Å². The number of likely N-dealkylation sites (tertiary alicyclic amines) is 1. The molecule has 1 heterocycles. The molecular weight excluding hydrogens is 214 g/mol. The quantitative estimate of drug-likeness (QED) is 0.435. The van der Waals surface area contributed by atoms with Gasteiger partial charge in [0.25, 0.3) is 5.91 Å². The molecule has 3 nitrogen and oxygen atoms in total. The molecule has 1 rings (SSSR count). The third-order valence-corrected chi connectivity index (χ3v) is 3.41. The second-order valence-corrected chi connectivity index (χ2v) is 5.05. The molecule has 1 unspecified atom stereocenters. The van der Waals surface area contributed by atoms with Gasteiger partial charge in [-0.3, -0.25) is 4.79 Å². The summed E-state index contributed by atoms with van der Waals surface area (Å²) in [6.45, 7) is 3.77. The maximum Gasteiger partial charge on any atom is 0.253 e. The zero-order chi connectivity index (χ0) is 12.5. The Hall–Kier alpha value is -0.570. The molecule has 0 N–H and O–H groups in total. The smallest absolute Gasteiger partial charge is 0.253 e. The van der Waals surface area contributed by atoms with Crippen molar-refractivity contribution in [1.82, 2.24) is 4.90 Å². The van der Waals surface area contributed by atoms with E-state index in [4.69, 9.17) is 4.74 Å². The normalized spacial score (nSPS) is 19.5. The summed E-state index contributed by atoms with van der Waals surface area (Å²) < 4.78 is 5.51. The van der Waals surface area contributed by atoms with Gasteiger partial charge < -0.3 is 9.64 Å². The number of β-lactam (4-membered cyclic amide) rings is 1. The van der Waals surface area contributed by atoms with Crippen LogP contribution in [0.5, 0.6) is 0 Å². The first-order valence-corrected chi connectivity index (χ1v) is 7.12. The first-order valence-electron chi connectivity index (χ1n) is 7.12. The van der Waals surface area contributed by atoms with Gasteiger partial charge in [0.1, 0.15) is 0 Å². The third kappa shape index (κ3) is 5.53. The fourth-order valence-corrected chi connectivity index (χ4v) is 2.14. The van der Waals surface area contributed by atoms with Gasteiger partial charge in [-0.25, -0.2) is 0 Å². The highest BCUT2D eigenvalue weighted by atomic mass is 16.5. The Labute approximate surface area is 106 Å². The standard InChI is InChI=1S/C14H27NO2/c1-3-4-5-6-7-8-9-10-11-17-13-12-15(2)14(13)16/h13H,3-12H2,1-2H3. The summed E-state index contributed by atoms with van der Waals surface area (Å²) in [7, 11) is 1.82. The van der Waals surface area contributed by atoms with Crippen LogP contribution in [-0.2, 0) is 9.53 Å². The number of amides is 1. The molecule has 0 aromatic rings. The summed E-state index contributed by atoms with van der Waals surface area (Å²) in [5, 5.41) is 0. The van der Waals surface area contributed by atoms with Crippen LogP contribution in [0.15, 0.2) is 0 Å². The van der Waals surface area contributed by atoms with Crippen molar-refractivity contribution in [2.75, 3.05) is 20.2 Å². The van der Waals surface area contributed by atoms with Gasteiger partial charge >= 0.3 is 0 Å². The molecule has 1 aliphatic rings. The zero-order valence-corrected chi connectivity index (χ0v) is 11.4. The highest BCUT2D eigenvalue weighted by molar-refractivity contribution is 5.86. The number of hydrogen-bond donors (Lipinski definition) is 0. The van der Waals surface area contributed by atoms with E-state index in [-0.39, 0.29) is 12.0 Å². The summed E-state index contributed by atoms with van der Waals surface area (Å²) in [5.41, 5.74) is 0. The Morgan fingerprint density at radius 2 is 1.71 bits per heavy atom. The second kappa shape index (κ2) is 8.51. The summed E-state index contributed by atoms with van der Waals surface area (Å²) in [4.78, 5) is 12.9. The maximum absolute atomic E-state index is 11.2. The SMILES string of the molecule is CCCCCCCCCCOC1CN(C)C1=O. The maximum atomic E-state index is 11.2. The molecule has 0 spiro atoms. The van der Waals surface area contributed by atoms with E-state index < -0.39 is 0 Å². The van der Waals surface area contributed by atoms with Crippen molar-refractivity contribution in [3.8, 4) is 0 Å². The van der Waals surface area contributed by atoms with Crippen LogP contribution in [0.3, 0.4) is 0 Å². The van der Waals surface area contributed by atoms with Gasteiger partial charge in [0.05, 0.1) is 6.54 Å². The van der Waals surface area contributed by atoms with Crippen molar-refractivity contribution in [2.45, 2.75) is 64.4 Å². The molecule has 0 bridgehead atoms. The van der Waals surface area contributed by atoms with Crippen LogP contribution < -0.4 is 0 Å². The molecule has 0 radical (unpaired) electrons. The van der Waals surface area contributed by atoms with E-state index in [1.165, 1.54) is 44.9 Å². The van der Waals surface area contributed by atoms with Gasteiger partial charge in [-0.1, -0.05) is 51.9 Å². The molecule has 17 heavy (non-hydrogen) atoms. The molecule has 0 saturated carbocycles. The minimum absolute atomic E-state index is 0.135. The van der Waals surface area contributed by atoms with Crippen molar-refractivity contribution in [1.29, 1.82) is 0 Å². The monoisotopic (exact) mass is 241 g/mol. The lowest BCUT2D eigenvalue weighted by Gasteiger charge is -2.34. The van der Waals surface area contributed by atoms with Gasteiger partial charge in [-0.05, 0) is 6.42 Å². The van der Waals surface area contributed by atoms with Gasteiger partial charge in [-0.15, -0.1) is 0 Å². The lowest BCUT2D eigenvalue weighted by Crippen LogP contribution is -2.55. The van der Waals surface area contributed by atoms with Crippen LogP contribution in [0.2, 0.25) is 0 Å². The van der Waals surface area contributed by atoms with Crippen molar-refractivity contribution in [2.24, 2.45) is 0 Å². The Balaban J connectivity index is 1.77. The number of carbonyl (C=O) groups is 1. The fourth-order valence-electron chi connectivity index (χ4n) is 2.14. The zero-order valence-electron chi connectivity index (χ0n) is 11.4. The van der Waals surface area contributed by atoms with Crippen LogP contribution in [-0.4, -0.2) is 37.1 Å². The van der Waals surface area contributed by atoms with E-state index in [1.54, 1.807) is 4.90 Å². The van der Waals surface area contributed by atoms with E-state index in [0.29, 0.717) is 0 Å². The molecule has 100 valence electrons. The summed E-state index contributed by atoms with van der Waals surface area (Å²) in [6, 6.07) is 0. The first kappa shape index (κ1) is 14.5. The summed E-state index contributed by atoms with van der Waals surface area (Å²) in [6.07, 6.45) is 10.3. The van der Waals surface area contributed by atoms with Crippen molar-refractivity contribution < 1.29 is 9.53 Å². The van der Waals surface area contributed by atoms with Crippen molar-refractivity contribution >= 4 is 5.91 Å². The predicted molar refractivity (Wildman–Crippen MR) is 70.0 cm³/mol. The van der Waals surface area contributed by atoms with Crippen LogP contribution in [0.4, 0.5) is 0 Å². The number of hydrogen-bond acceptors (Lipinski definition) is 2. The lowest BCUT2D eigenvalue weighted by atomic mass is 10.1. The number of nitrogens with zero attached hydrogens (tertiary/aromatic N) is 1. The van der Waals surface area contributed by atoms with Crippen LogP contribution in [0.25, 0.3) is 0 Å². The van der Waals surface area contributed by atoms with Gasteiger partial charge in [0, 0.05) is 13.7 Å². The lowest BCUT2D eigenvalue weighted by molar-refractivity contribution is -0.159. The van der Waals surface area contributed by atoms with E-state index in [9.17, 15) is 4.79 Å². The topological polar surface area (TPSA) is 29.5 Å². The van der Waals surface area contributed by atoms with E-state index in [0.717, 1.165) is 19.6 Å². The Bertz CT molecular complexity index is 218. The summed E-state index contributed by atoms with van der Waals surface area (Å²) >= 11 is 0. The van der Waals surface area contributed by atoms with E-state index >= 15 is 0 Å². The van der Waals surface area contributed by atoms with E-state index in [2.05, 4.69) is 6.92 Å². The van der Waals surface area contributed by atoms with Crippen LogP contribution in [0, 0.1) is 0 Å². The van der Waals surface area contributed by atoms with Gasteiger partial charge in [0.15, 0.2) is 6.10 Å². The van der Waals surface area contributed by atoms with Crippen LogP contribution in [0.1, 0.15) is 58.3 Å². The van der Waals surface area contributed by atoms with E-state index in [1.807, 2.05) is 7.05 Å². The first-order chi connectivity index (χ1) is 8.25. The van der Waals surface area contributed by atoms with Crippen molar-refractivity contribution in [3.05, 3.63) is 0 Å². The average molecular weight is 241 g/mol. The average Bonchev–Trinajstić information content (AvgIpc) is 2.35. The molecule has 1 saturated heterocycles. The predicted octanol–water partition coefficient (Wildman–Crippen LogP) is 2.98. The fraction of sp³-hybridized carbons (Fsp3) is 0.929. The molecular formula is C14H27NO2. The van der Waals surface area contributed by atoms with Gasteiger partial charge in [0.2, 0.25) is 0 Å². The molecule has 1 amide bonds. The highest BCUT2D eigenvalue weighted by Crippen LogP contribution is 2.12. The molecule has 0 aliphatic carbocycles.